The summed E-state index contributed by atoms with van der Waals surface area (Å²) in [4.78, 5) is 11.3. The van der Waals surface area contributed by atoms with Crippen molar-refractivity contribution in [3.63, 3.8) is 0 Å². The average molecular weight is 166 g/mol. The van der Waals surface area contributed by atoms with Gasteiger partial charge in [-0.05, 0) is 30.6 Å². The zero-order valence-corrected chi connectivity index (χ0v) is 7.88. The molecule has 1 heteroatoms. The molecule has 12 heavy (non-hydrogen) atoms. The molecule has 2 fully saturated rings. The fourth-order valence-electron chi connectivity index (χ4n) is 3.13. The normalized spacial score (nSPS) is 42.4. The third-order valence-corrected chi connectivity index (χ3v) is 3.74. The molecule has 68 valence electrons. The summed E-state index contributed by atoms with van der Waals surface area (Å²) in [5.74, 6) is 2.84. The molecule has 2 aliphatic rings. The Balaban J connectivity index is 2.06. The number of hydrogen-bond acceptors (Lipinski definition) is 1. The minimum Gasteiger partial charge on any atom is -0.300 e. The van der Waals surface area contributed by atoms with E-state index in [0.717, 1.165) is 24.7 Å². The molecule has 2 aliphatic carbocycles. The number of carbonyl (C=O) groups is 1. The van der Waals surface area contributed by atoms with Gasteiger partial charge in [-0.3, -0.25) is 4.79 Å². The van der Waals surface area contributed by atoms with Gasteiger partial charge in [0.25, 0.3) is 0 Å². The molecule has 0 heterocycles. The van der Waals surface area contributed by atoms with Crippen molar-refractivity contribution < 1.29 is 4.79 Å². The summed E-state index contributed by atoms with van der Waals surface area (Å²) in [6, 6.07) is 0. The molecule has 0 N–H and O–H groups in total. The topological polar surface area (TPSA) is 17.1 Å². The molecule has 0 aliphatic heterocycles. The van der Waals surface area contributed by atoms with Crippen LogP contribution in [0.3, 0.4) is 0 Å². The van der Waals surface area contributed by atoms with Gasteiger partial charge in [0, 0.05) is 12.8 Å². The standard InChI is InChI=1S/C11H18O/c1-8-6-10(12)7-9-4-2-3-5-11(8)9/h8-9,11H,2-7H2,1H3. The largest absolute Gasteiger partial charge is 0.300 e. The van der Waals surface area contributed by atoms with E-state index in [1.54, 1.807) is 0 Å². The lowest BCUT2D eigenvalue weighted by Gasteiger charge is -2.39. The summed E-state index contributed by atoms with van der Waals surface area (Å²) >= 11 is 0. The van der Waals surface area contributed by atoms with E-state index in [-0.39, 0.29) is 0 Å². The maximum absolute atomic E-state index is 11.3. The van der Waals surface area contributed by atoms with Crippen LogP contribution in [0.15, 0.2) is 0 Å². The van der Waals surface area contributed by atoms with Gasteiger partial charge in [0.2, 0.25) is 0 Å². The maximum atomic E-state index is 11.3. The van der Waals surface area contributed by atoms with Crippen LogP contribution in [0.2, 0.25) is 0 Å². The summed E-state index contributed by atoms with van der Waals surface area (Å²) in [5, 5.41) is 0. The first-order chi connectivity index (χ1) is 5.77. The summed E-state index contributed by atoms with van der Waals surface area (Å²) in [6.07, 6.45) is 7.23. The minimum absolute atomic E-state index is 0.519. The van der Waals surface area contributed by atoms with Crippen LogP contribution in [0.25, 0.3) is 0 Å². The second-order valence-corrected chi connectivity index (χ2v) is 4.63. The highest BCUT2D eigenvalue weighted by Gasteiger charge is 2.35. The quantitative estimate of drug-likeness (QED) is 0.541. The van der Waals surface area contributed by atoms with Crippen LogP contribution < -0.4 is 0 Å². The van der Waals surface area contributed by atoms with E-state index < -0.39 is 0 Å². The molecule has 3 unspecified atom stereocenters. The van der Waals surface area contributed by atoms with Gasteiger partial charge in [-0.15, -0.1) is 0 Å². The van der Waals surface area contributed by atoms with Crippen molar-refractivity contribution in [1.82, 2.24) is 0 Å². The molecule has 0 saturated heterocycles. The van der Waals surface area contributed by atoms with Gasteiger partial charge in [-0.25, -0.2) is 0 Å². The Labute approximate surface area is 74.5 Å². The molecule has 0 spiro atoms. The van der Waals surface area contributed by atoms with Crippen LogP contribution in [0.1, 0.15) is 45.4 Å². The molecule has 0 aromatic carbocycles. The highest BCUT2D eigenvalue weighted by Crippen LogP contribution is 2.42. The molecular weight excluding hydrogens is 148 g/mol. The van der Waals surface area contributed by atoms with Crippen LogP contribution in [0, 0.1) is 17.8 Å². The molecule has 0 aromatic rings. The third-order valence-electron chi connectivity index (χ3n) is 3.74. The second kappa shape index (κ2) is 3.20. The van der Waals surface area contributed by atoms with Crippen LogP contribution in [0.4, 0.5) is 0 Å². The summed E-state index contributed by atoms with van der Waals surface area (Å²) < 4.78 is 0. The lowest BCUT2D eigenvalue weighted by atomic mass is 9.66. The van der Waals surface area contributed by atoms with E-state index in [2.05, 4.69) is 6.92 Å². The SMILES string of the molecule is CC1CC(=O)CC2CCCCC12. The monoisotopic (exact) mass is 166 g/mol. The number of fused-ring (bicyclic) bond motifs is 1. The van der Waals surface area contributed by atoms with Gasteiger partial charge in [-0.1, -0.05) is 19.8 Å². The highest BCUT2D eigenvalue weighted by molar-refractivity contribution is 5.79. The number of rotatable bonds is 0. The van der Waals surface area contributed by atoms with E-state index in [0.29, 0.717) is 11.7 Å². The van der Waals surface area contributed by atoms with Crippen LogP contribution in [-0.2, 0) is 4.79 Å². The first kappa shape index (κ1) is 8.28. The van der Waals surface area contributed by atoms with Crippen molar-refractivity contribution in [2.24, 2.45) is 17.8 Å². The lowest BCUT2D eigenvalue weighted by Crippen LogP contribution is -2.33. The number of Topliss-reactive ketones (excluding diaryl/α,β-unsaturated/α-hetero) is 1. The van der Waals surface area contributed by atoms with Crippen molar-refractivity contribution in [3.05, 3.63) is 0 Å². The van der Waals surface area contributed by atoms with Crippen molar-refractivity contribution in [1.29, 1.82) is 0 Å². The predicted octanol–water partition coefficient (Wildman–Crippen LogP) is 2.79. The fraction of sp³-hybridized carbons (Fsp3) is 0.909. The fourth-order valence-corrected chi connectivity index (χ4v) is 3.13. The number of carbonyl (C=O) groups excluding carboxylic acids is 1. The first-order valence-corrected chi connectivity index (χ1v) is 5.29. The van der Waals surface area contributed by atoms with E-state index in [9.17, 15) is 4.79 Å². The van der Waals surface area contributed by atoms with Crippen molar-refractivity contribution in [2.45, 2.75) is 45.4 Å². The highest BCUT2D eigenvalue weighted by atomic mass is 16.1. The Hall–Kier alpha value is -0.330. The molecule has 0 amide bonds. The molecule has 2 saturated carbocycles. The molecule has 3 atom stereocenters. The second-order valence-electron chi connectivity index (χ2n) is 4.63. The van der Waals surface area contributed by atoms with Gasteiger partial charge in [-0.2, -0.15) is 0 Å². The zero-order valence-electron chi connectivity index (χ0n) is 7.88. The van der Waals surface area contributed by atoms with Crippen LogP contribution >= 0.6 is 0 Å². The first-order valence-electron chi connectivity index (χ1n) is 5.29. The zero-order chi connectivity index (χ0) is 8.55. The van der Waals surface area contributed by atoms with Crippen molar-refractivity contribution in [2.75, 3.05) is 0 Å². The van der Waals surface area contributed by atoms with Gasteiger partial charge in [0.05, 0.1) is 0 Å². The lowest BCUT2D eigenvalue weighted by molar-refractivity contribution is -0.125. The summed E-state index contributed by atoms with van der Waals surface area (Å²) in [7, 11) is 0. The number of hydrogen-bond donors (Lipinski definition) is 0. The Morgan fingerprint density at radius 1 is 1.17 bits per heavy atom. The Morgan fingerprint density at radius 3 is 2.75 bits per heavy atom. The number of ketones is 1. The molecule has 0 bridgehead atoms. The average Bonchev–Trinajstić information content (AvgIpc) is 2.04. The van der Waals surface area contributed by atoms with E-state index in [1.807, 2.05) is 0 Å². The molecule has 0 radical (unpaired) electrons. The molecular formula is C11H18O. The minimum atomic E-state index is 0.519. The molecule has 1 nitrogen and oxygen atoms in total. The maximum Gasteiger partial charge on any atom is 0.133 e. The molecule has 0 aromatic heterocycles. The Bertz CT molecular complexity index is 185. The molecule has 2 rings (SSSR count). The van der Waals surface area contributed by atoms with Crippen molar-refractivity contribution in [3.8, 4) is 0 Å². The van der Waals surface area contributed by atoms with Gasteiger partial charge in [0.15, 0.2) is 0 Å². The summed E-state index contributed by atoms with van der Waals surface area (Å²) in [6.45, 7) is 2.26. The van der Waals surface area contributed by atoms with Crippen LogP contribution in [-0.4, -0.2) is 5.78 Å². The van der Waals surface area contributed by atoms with Gasteiger partial charge in [0.1, 0.15) is 5.78 Å². The third kappa shape index (κ3) is 1.41. The van der Waals surface area contributed by atoms with Crippen molar-refractivity contribution >= 4 is 5.78 Å². The summed E-state index contributed by atoms with van der Waals surface area (Å²) in [5.41, 5.74) is 0. The van der Waals surface area contributed by atoms with E-state index in [1.165, 1.54) is 25.7 Å². The van der Waals surface area contributed by atoms with E-state index >= 15 is 0 Å². The smallest absolute Gasteiger partial charge is 0.133 e. The van der Waals surface area contributed by atoms with Gasteiger partial charge < -0.3 is 0 Å². The Morgan fingerprint density at radius 2 is 1.92 bits per heavy atom. The predicted molar refractivity (Wildman–Crippen MR) is 48.9 cm³/mol. The van der Waals surface area contributed by atoms with E-state index in [4.69, 9.17) is 0 Å². The van der Waals surface area contributed by atoms with Gasteiger partial charge >= 0.3 is 0 Å². The Kier molecular flexibility index (Phi) is 2.20. The van der Waals surface area contributed by atoms with Crippen LogP contribution in [0.5, 0.6) is 0 Å².